The lowest BCUT2D eigenvalue weighted by Gasteiger charge is -2.03. The molecule has 1 rings (SSSR count). The molecule has 0 aliphatic rings. The molecule has 1 heterocycles. The number of rotatable bonds is 5. The maximum Gasteiger partial charge on any atom is 0.271 e. The van der Waals surface area contributed by atoms with Gasteiger partial charge in [0.1, 0.15) is 11.4 Å². The Labute approximate surface area is 92.0 Å². The first-order valence-electron chi connectivity index (χ1n) is 4.54. The van der Waals surface area contributed by atoms with Crippen LogP contribution in [0.3, 0.4) is 0 Å². The number of carbonyl (C=O) groups is 2. The number of hydrogen-bond acceptors (Lipinski definition) is 5. The molecule has 0 unspecified atom stereocenters. The summed E-state index contributed by atoms with van der Waals surface area (Å²) in [6.07, 6.45) is 2.36. The molecule has 16 heavy (non-hydrogen) atoms. The van der Waals surface area contributed by atoms with Crippen molar-refractivity contribution < 1.29 is 14.3 Å². The number of methoxy groups -OCH3 is 1. The standard InChI is InChI=1S/C9H12N4O3/c1-16-3-2-11-9(15)7-5-12-6(4-13-7)8(10)14/h4-5H,2-3H2,1H3,(H2,10,14)(H,11,15). The van der Waals surface area contributed by atoms with Crippen LogP contribution in [0.4, 0.5) is 0 Å². The molecule has 0 spiro atoms. The molecule has 0 bridgehead atoms. The molecule has 2 amide bonds. The van der Waals surface area contributed by atoms with Crippen LogP contribution in [-0.2, 0) is 4.74 Å². The van der Waals surface area contributed by atoms with Crippen molar-refractivity contribution in [3.05, 3.63) is 23.8 Å². The summed E-state index contributed by atoms with van der Waals surface area (Å²) < 4.78 is 4.77. The van der Waals surface area contributed by atoms with E-state index in [9.17, 15) is 9.59 Å². The van der Waals surface area contributed by atoms with E-state index in [2.05, 4.69) is 15.3 Å². The SMILES string of the molecule is COCCNC(=O)c1cnc(C(N)=O)cn1. The number of aromatic nitrogens is 2. The molecular formula is C9H12N4O3. The number of hydrogen-bond donors (Lipinski definition) is 2. The van der Waals surface area contributed by atoms with Gasteiger partial charge in [-0.1, -0.05) is 0 Å². The van der Waals surface area contributed by atoms with Gasteiger partial charge >= 0.3 is 0 Å². The highest BCUT2D eigenvalue weighted by Gasteiger charge is 2.08. The average molecular weight is 224 g/mol. The van der Waals surface area contributed by atoms with Gasteiger partial charge in [-0.3, -0.25) is 9.59 Å². The van der Waals surface area contributed by atoms with Crippen LogP contribution >= 0.6 is 0 Å². The minimum absolute atomic E-state index is 0.0217. The van der Waals surface area contributed by atoms with Crippen LogP contribution in [0, 0.1) is 0 Å². The number of primary amides is 1. The van der Waals surface area contributed by atoms with Crippen LogP contribution in [0.1, 0.15) is 21.0 Å². The Morgan fingerprint density at radius 3 is 2.50 bits per heavy atom. The fraction of sp³-hybridized carbons (Fsp3) is 0.333. The number of carbonyl (C=O) groups excluding carboxylic acids is 2. The first kappa shape index (κ1) is 12.1. The van der Waals surface area contributed by atoms with Crippen molar-refractivity contribution in [3.8, 4) is 0 Å². The Morgan fingerprint density at radius 2 is 2.00 bits per heavy atom. The quantitative estimate of drug-likeness (QED) is 0.620. The van der Waals surface area contributed by atoms with Gasteiger partial charge in [0.15, 0.2) is 0 Å². The summed E-state index contributed by atoms with van der Waals surface area (Å²) in [6.45, 7) is 0.799. The highest BCUT2D eigenvalue weighted by atomic mass is 16.5. The molecular weight excluding hydrogens is 212 g/mol. The van der Waals surface area contributed by atoms with Gasteiger partial charge < -0.3 is 15.8 Å². The fourth-order valence-corrected chi connectivity index (χ4v) is 0.930. The zero-order chi connectivity index (χ0) is 12.0. The zero-order valence-corrected chi connectivity index (χ0v) is 8.77. The lowest BCUT2D eigenvalue weighted by atomic mass is 10.3. The average Bonchev–Trinajstić information content (AvgIpc) is 2.29. The van der Waals surface area contributed by atoms with E-state index in [1.807, 2.05) is 0 Å². The van der Waals surface area contributed by atoms with Crippen molar-refractivity contribution in [2.45, 2.75) is 0 Å². The molecule has 86 valence electrons. The van der Waals surface area contributed by atoms with Crippen molar-refractivity contribution in [1.29, 1.82) is 0 Å². The molecule has 0 fully saturated rings. The van der Waals surface area contributed by atoms with E-state index in [0.29, 0.717) is 13.2 Å². The summed E-state index contributed by atoms with van der Waals surface area (Å²) in [5.74, 6) is -1.06. The van der Waals surface area contributed by atoms with Gasteiger partial charge in [-0.05, 0) is 0 Å². The van der Waals surface area contributed by atoms with E-state index >= 15 is 0 Å². The van der Waals surface area contributed by atoms with E-state index in [1.54, 1.807) is 0 Å². The maximum absolute atomic E-state index is 11.4. The van der Waals surface area contributed by atoms with Gasteiger partial charge in [0.2, 0.25) is 0 Å². The molecule has 0 aromatic carbocycles. The molecule has 0 radical (unpaired) electrons. The predicted octanol–water partition coefficient (Wildman–Crippen LogP) is -1.05. The number of nitrogens with zero attached hydrogens (tertiary/aromatic N) is 2. The Bertz CT molecular complexity index is 377. The molecule has 7 heteroatoms. The van der Waals surface area contributed by atoms with E-state index in [4.69, 9.17) is 10.5 Å². The summed E-state index contributed by atoms with van der Waals surface area (Å²) in [5, 5.41) is 2.57. The lowest BCUT2D eigenvalue weighted by molar-refractivity contribution is 0.0928. The number of amides is 2. The van der Waals surface area contributed by atoms with Crippen molar-refractivity contribution in [1.82, 2.24) is 15.3 Å². The van der Waals surface area contributed by atoms with Gasteiger partial charge in [0, 0.05) is 13.7 Å². The molecule has 0 aliphatic carbocycles. The topological polar surface area (TPSA) is 107 Å². The van der Waals surface area contributed by atoms with Crippen LogP contribution in [0.15, 0.2) is 12.4 Å². The van der Waals surface area contributed by atoms with Crippen LogP contribution in [0.5, 0.6) is 0 Å². The third kappa shape index (κ3) is 3.28. The smallest absolute Gasteiger partial charge is 0.271 e. The molecule has 0 saturated carbocycles. The van der Waals surface area contributed by atoms with Crippen LogP contribution < -0.4 is 11.1 Å². The van der Waals surface area contributed by atoms with Gasteiger partial charge in [0.05, 0.1) is 19.0 Å². The van der Waals surface area contributed by atoms with Crippen LogP contribution in [0.25, 0.3) is 0 Å². The molecule has 0 atom stereocenters. The highest BCUT2D eigenvalue weighted by molar-refractivity contribution is 5.93. The van der Waals surface area contributed by atoms with Crippen molar-refractivity contribution in [2.24, 2.45) is 5.73 Å². The molecule has 0 saturated heterocycles. The zero-order valence-electron chi connectivity index (χ0n) is 8.77. The van der Waals surface area contributed by atoms with Crippen LogP contribution in [0.2, 0.25) is 0 Å². The number of ether oxygens (including phenoxy) is 1. The van der Waals surface area contributed by atoms with E-state index in [0.717, 1.165) is 6.20 Å². The largest absolute Gasteiger partial charge is 0.383 e. The fourth-order valence-electron chi connectivity index (χ4n) is 0.930. The van der Waals surface area contributed by atoms with Gasteiger partial charge in [-0.15, -0.1) is 0 Å². The summed E-state index contributed by atoms with van der Waals surface area (Å²) in [5.41, 5.74) is 5.13. The van der Waals surface area contributed by atoms with Crippen LogP contribution in [-0.4, -0.2) is 42.0 Å². The third-order valence-electron chi connectivity index (χ3n) is 1.73. The van der Waals surface area contributed by atoms with Gasteiger partial charge in [-0.2, -0.15) is 0 Å². The van der Waals surface area contributed by atoms with E-state index < -0.39 is 5.91 Å². The summed E-state index contributed by atoms with van der Waals surface area (Å²) >= 11 is 0. The number of nitrogens with two attached hydrogens (primary N) is 1. The van der Waals surface area contributed by atoms with Gasteiger partial charge in [-0.25, -0.2) is 9.97 Å². The second-order valence-electron chi connectivity index (χ2n) is 2.90. The maximum atomic E-state index is 11.4. The second kappa shape index (κ2) is 5.76. The van der Waals surface area contributed by atoms with Crippen molar-refractivity contribution in [2.75, 3.05) is 20.3 Å². The normalized spacial score (nSPS) is 9.81. The molecule has 1 aromatic heterocycles. The van der Waals surface area contributed by atoms with Gasteiger partial charge in [0.25, 0.3) is 11.8 Å². The summed E-state index contributed by atoms with van der Waals surface area (Å²) in [7, 11) is 1.54. The Kier molecular flexibility index (Phi) is 4.34. The minimum atomic E-state index is -0.682. The Hall–Kier alpha value is -2.02. The highest BCUT2D eigenvalue weighted by Crippen LogP contribution is 1.94. The predicted molar refractivity (Wildman–Crippen MR) is 54.8 cm³/mol. The summed E-state index contributed by atoms with van der Waals surface area (Å²) in [6, 6.07) is 0. The first-order valence-corrected chi connectivity index (χ1v) is 4.54. The minimum Gasteiger partial charge on any atom is -0.383 e. The van der Waals surface area contributed by atoms with E-state index in [1.165, 1.54) is 13.3 Å². The molecule has 1 aromatic rings. The molecule has 3 N–H and O–H groups in total. The molecule has 0 aliphatic heterocycles. The lowest BCUT2D eigenvalue weighted by Crippen LogP contribution is -2.28. The summed E-state index contributed by atoms with van der Waals surface area (Å²) in [4.78, 5) is 29.6. The Balaban J connectivity index is 2.59. The first-order chi connectivity index (χ1) is 7.65. The molecule has 7 nitrogen and oxygen atoms in total. The van der Waals surface area contributed by atoms with E-state index in [-0.39, 0.29) is 17.3 Å². The third-order valence-corrected chi connectivity index (χ3v) is 1.73. The Morgan fingerprint density at radius 1 is 1.38 bits per heavy atom. The number of nitrogens with one attached hydrogen (secondary N) is 1. The monoisotopic (exact) mass is 224 g/mol. The van der Waals surface area contributed by atoms with Crippen molar-refractivity contribution in [3.63, 3.8) is 0 Å². The second-order valence-corrected chi connectivity index (χ2v) is 2.90. The van der Waals surface area contributed by atoms with Crippen molar-refractivity contribution >= 4 is 11.8 Å².